The predicted octanol–water partition coefficient (Wildman–Crippen LogP) is 2.72. The Morgan fingerprint density at radius 3 is 2.33 bits per heavy atom. The van der Waals surface area contributed by atoms with E-state index >= 15 is 0 Å². The third-order valence-corrected chi connectivity index (χ3v) is 2.56. The topological polar surface area (TPSA) is 113 Å². The van der Waals surface area contributed by atoms with Crippen LogP contribution >= 0.6 is 0 Å². The van der Waals surface area contributed by atoms with Gasteiger partial charge in [0.2, 0.25) is 0 Å². The molecular weight excluding hydrogens is 280 g/mol. The van der Waals surface area contributed by atoms with Crippen LogP contribution in [0.15, 0.2) is 48.5 Å². The molecule has 0 radical (unpaired) electrons. The van der Waals surface area contributed by atoms with Crippen LogP contribution in [0, 0.1) is 20.2 Å². The average Bonchev–Trinajstić information content (AvgIpc) is 2.47. The number of carbonyl (C=O) groups excluding carboxylic acids is 1. The second-order valence-electron chi connectivity index (χ2n) is 3.92. The molecule has 0 saturated heterocycles. The van der Waals surface area contributed by atoms with Gasteiger partial charge in [-0.05, 0) is 12.1 Å². The van der Waals surface area contributed by atoms with E-state index in [1.807, 2.05) is 0 Å². The summed E-state index contributed by atoms with van der Waals surface area (Å²) in [6, 6.07) is 10.3. The van der Waals surface area contributed by atoms with Crippen LogP contribution < -0.4 is 4.74 Å². The Labute approximate surface area is 117 Å². The summed E-state index contributed by atoms with van der Waals surface area (Å²) in [6.07, 6.45) is 0. The van der Waals surface area contributed by atoms with E-state index in [1.54, 1.807) is 0 Å². The van der Waals surface area contributed by atoms with Gasteiger partial charge in [-0.15, -0.1) is 0 Å². The second kappa shape index (κ2) is 5.78. The minimum Gasteiger partial charge on any atom is -0.422 e. The molecule has 21 heavy (non-hydrogen) atoms. The molecule has 2 aromatic rings. The van der Waals surface area contributed by atoms with Gasteiger partial charge in [-0.25, -0.2) is 4.79 Å². The zero-order chi connectivity index (χ0) is 15.4. The molecule has 0 saturated carbocycles. The summed E-state index contributed by atoms with van der Waals surface area (Å²) in [5.74, 6) is -1.02. The highest BCUT2D eigenvalue weighted by Gasteiger charge is 2.21. The first kappa shape index (κ1) is 14.1. The first-order valence-corrected chi connectivity index (χ1v) is 5.69. The number of hydrogen-bond acceptors (Lipinski definition) is 6. The van der Waals surface area contributed by atoms with Gasteiger partial charge in [0, 0.05) is 12.1 Å². The van der Waals surface area contributed by atoms with Gasteiger partial charge in [0.1, 0.15) is 11.3 Å². The maximum absolute atomic E-state index is 11.9. The molecule has 2 rings (SSSR count). The third-order valence-electron chi connectivity index (χ3n) is 2.56. The van der Waals surface area contributed by atoms with Crippen LogP contribution in [-0.2, 0) is 0 Å². The number of para-hydroxylation sites is 1. The van der Waals surface area contributed by atoms with E-state index in [0.717, 1.165) is 6.07 Å². The van der Waals surface area contributed by atoms with Gasteiger partial charge in [0.15, 0.2) is 0 Å². The third kappa shape index (κ3) is 3.18. The van der Waals surface area contributed by atoms with Gasteiger partial charge in [0.05, 0.1) is 15.9 Å². The Kier molecular flexibility index (Phi) is 3.89. The van der Waals surface area contributed by atoms with Crippen molar-refractivity contribution in [1.29, 1.82) is 0 Å². The van der Waals surface area contributed by atoms with Crippen LogP contribution in [0.1, 0.15) is 10.4 Å². The summed E-state index contributed by atoms with van der Waals surface area (Å²) in [4.78, 5) is 32.0. The molecule has 0 unspecified atom stereocenters. The van der Waals surface area contributed by atoms with Crippen molar-refractivity contribution in [1.82, 2.24) is 0 Å². The van der Waals surface area contributed by atoms with Crippen molar-refractivity contribution in [3.05, 3.63) is 74.3 Å². The molecular formula is C13H8N2O6. The molecule has 106 valence electrons. The summed E-state index contributed by atoms with van der Waals surface area (Å²) in [6.45, 7) is 0. The highest BCUT2D eigenvalue weighted by molar-refractivity contribution is 5.95. The van der Waals surface area contributed by atoms with E-state index < -0.39 is 21.5 Å². The van der Waals surface area contributed by atoms with Crippen LogP contribution in [0.5, 0.6) is 5.75 Å². The Balaban J connectivity index is 2.28. The van der Waals surface area contributed by atoms with E-state index in [9.17, 15) is 25.0 Å². The number of benzene rings is 2. The molecule has 0 spiro atoms. The van der Waals surface area contributed by atoms with Crippen molar-refractivity contribution in [2.75, 3.05) is 0 Å². The highest BCUT2D eigenvalue weighted by atomic mass is 16.6. The van der Waals surface area contributed by atoms with Gasteiger partial charge in [-0.3, -0.25) is 20.2 Å². The number of hydrogen-bond donors (Lipinski definition) is 0. The fourth-order valence-electron chi connectivity index (χ4n) is 1.63. The van der Waals surface area contributed by atoms with Crippen molar-refractivity contribution in [2.45, 2.75) is 0 Å². The Hall–Kier alpha value is -3.29. The first-order chi connectivity index (χ1) is 9.99. The van der Waals surface area contributed by atoms with E-state index in [0.29, 0.717) is 0 Å². The maximum atomic E-state index is 11.9. The minimum absolute atomic E-state index is 0.0626. The zero-order valence-corrected chi connectivity index (χ0v) is 10.5. The number of carbonyl (C=O) groups is 1. The second-order valence-corrected chi connectivity index (χ2v) is 3.92. The monoisotopic (exact) mass is 288 g/mol. The molecule has 0 amide bonds. The lowest BCUT2D eigenvalue weighted by Gasteiger charge is -2.04. The summed E-state index contributed by atoms with van der Waals surface area (Å²) < 4.78 is 4.93. The lowest BCUT2D eigenvalue weighted by atomic mass is 10.2. The Morgan fingerprint density at radius 1 is 0.952 bits per heavy atom. The minimum atomic E-state index is -0.956. The van der Waals surface area contributed by atoms with Crippen LogP contribution in [0.2, 0.25) is 0 Å². The van der Waals surface area contributed by atoms with Gasteiger partial charge in [-0.1, -0.05) is 18.2 Å². The summed E-state index contributed by atoms with van der Waals surface area (Å²) in [5, 5.41) is 21.5. The smallest absolute Gasteiger partial charge is 0.350 e. The zero-order valence-electron chi connectivity index (χ0n) is 10.5. The number of non-ortho nitro benzene ring substituents is 1. The quantitative estimate of drug-likeness (QED) is 0.370. The van der Waals surface area contributed by atoms with E-state index in [4.69, 9.17) is 4.74 Å². The fourth-order valence-corrected chi connectivity index (χ4v) is 1.63. The summed E-state index contributed by atoms with van der Waals surface area (Å²) >= 11 is 0. The molecule has 0 aromatic heterocycles. The molecule has 0 atom stereocenters. The number of nitrogens with zero attached hydrogens (tertiary/aromatic N) is 2. The van der Waals surface area contributed by atoms with E-state index in [-0.39, 0.29) is 17.0 Å². The van der Waals surface area contributed by atoms with Gasteiger partial charge in [-0.2, -0.15) is 0 Å². The largest absolute Gasteiger partial charge is 0.422 e. The van der Waals surface area contributed by atoms with Crippen LogP contribution in [0.25, 0.3) is 0 Å². The molecule has 0 heterocycles. The summed E-state index contributed by atoms with van der Waals surface area (Å²) in [7, 11) is 0. The number of rotatable bonds is 4. The number of nitro benzene ring substituents is 2. The highest BCUT2D eigenvalue weighted by Crippen LogP contribution is 2.23. The van der Waals surface area contributed by atoms with Crippen molar-refractivity contribution in [3.63, 3.8) is 0 Å². The predicted molar refractivity (Wildman–Crippen MR) is 71.2 cm³/mol. The van der Waals surface area contributed by atoms with Crippen molar-refractivity contribution in [3.8, 4) is 5.75 Å². The van der Waals surface area contributed by atoms with E-state index in [2.05, 4.69) is 0 Å². The number of ether oxygens (including phenoxy) is 1. The van der Waals surface area contributed by atoms with Crippen molar-refractivity contribution in [2.24, 2.45) is 0 Å². The van der Waals surface area contributed by atoms with Gasteiger partial charge in [0.25, 0.3) is 11.4 Å². The molecule has 0 fully saturated rings. The van der Waals surface area contributed by atoms with Crippen molar-refractivity contribution < 1.29 is 19.4 Å². The molecule has 0 bridgehead atoms. The molecule has 8 nitrogen and oxygen atoms in total. The molecule has 0 aliphatic carbocycles. The van der Waals surface area contributed by atoms with Crippen LogP contribution in [0.4, 0.5) is 11.4 Å². The standard InChI is InChI=1S/C13H8N2O6/c16-13(11-6-1-2-7-12(11)15(19)20)21-10-5-3-4-9(8-10)14(17)18/h1-8H. The molecule has 0 aliphatic rings. The van der Waals surface area contributed by atoms with Crippen LogP contribution in [-0.4, -0.2) is 15.8 Å². The number of esters is 1. The average molecular weight is 288 g/mol. The Morgan fingerprint density at radius 2 is 1.67 bits per heavy atom. The first-order valence-electron chi connectivity index (χ1n) is 5.69. The Bertz CT molecular complexity index is 728. The SMILES string of the molecule is O=C(Oc1cccc([N+](=O)[O-])c1)c1ccccc1[N+](=O)[O-]. The molecule has 8 heteroatoms. The van der Waals surface area contributed by atoms with E-state index in [1.165, 1.54) is 42.5 Å². The normalized spacial score (nSPS) is 9.90. The molecule has 2 aromatic carbocycles. The lowest BCUT2D eigenvalue weighted by Crippen LogP contribution is -2.11. The molecule has 0 aliphatic heterocycles. The van der Waals surface area contributed by atoms with Crippen LogP contribution in [0.3, 0.4) is 0 Å². The number of nitro groups is 2. The maximum Gasteiger partial charge on any atom is 0.350 e. The summed E-state index contributed by atoms with van der Waals surface area (Å²) in [5.41, 5.74) is -0.871. The fraction of sp³-hybridized carbons (Fsp3) is 0. The van der Waals surface area contributed by atoms with Gasteiger partial charge >= 0.3 is 5.97 Å². The van der Waals surface area contributed by atoms with Gasteiger partial charge < -0.3 is 4.74 Å². The van der Waals surface area contributed by atoms with Crippen molar-refractivity contribution >= 4 is 17.3 Å². The molecule has 0 N–H and O–H groups in total. The lowest BCUT2D eigenvalue weighted by molar-refractivity contribution is -0.385.